The lowest BCUT2D eigenvalue weighted by molar-refractivity contribution is 1.05. The van der Waals surface area contributed by atoms with Gasteiger partial charge in [0, 0.05) is 11.0 Å². The topological polar surface area (TPSA) is 49.8 Å². The maximum Gasteiger partial charge on any atom is 0.0997 e. The molecule has 0 aliphatic carbocycles. The van der Waals surface area contributed by atoms with Gasteiger partial charge in [0.25, 0.3) is 0 Å². The van der Waals surface area contributed by atoms with Crippen LogP contribution in [-0.2, 0) is 6.54 Å². The molecule has 0 saturated heterocycles. The molecule has 1 rings (SSSR count). The molecule has 3 heteroatoms. The maximum atomic E-state index is 8.80. The number of hydrogen-bond donors (Lipinski definition) is 1. The minimum atomic E-state index is 0.406. The second kappa shape index (κ2) is 3.70. The molecule has 12 heavy (non-hydrogen) atoms. The highest BCUT2D eigenvalue weighted by atomic mass is 79.9. The Morgan fingerprint density at radius 3 is 2.75 bits per heavy atom. The largest absolute Gasteiger partial charge is 0.326 e. The van der Waals surface area contributed by atoms with Crippen molar-refractivity contribution in [2.75, 3.05) is 0 Å². The Kier molecular flexibility index (Phi) is 2.85. The molecule has 0 fully saturated rings. The minimum Gasteiger partial charge on any atom is -0.326 e. The number of halogens is 1. The molecule has 0 aromatic heterocycles. The first kappa shape index (κ1) is 9.24. The zero-order valence-corrected chi connectivity index (χ0v) is 8.35. The van der Waals surface area contributed by atoms with Crippen LogP contribution in [0.25, 0.3) is 0 Å². The highest BCUT2D eigenvalue weighted by Gasteiger charge is 2.04. The Hall–Kier alpha value is -0.850. The van der Waals surface area contributed by atoms with Crippen molar-refractivity contribution in [1.82, 2.24) is 0 Å². The van der Waals surface area contributed by atoms with Crippen LogP contribution in [0.15, 0.2) is 16.6 Å². The second-order valence-corrected chi connectivity index (χ2v) is 3.49. The minimum absolute atomic E-state index is 0.406. The van der Waals surface area contributed by atoms with Crippen molar-refractivity contribution in [3.05, 3.63) is 33.3 Å². The van der Waals surface area contributed by atoms with Crippen LogP contribution >= 0.6 is 15.9 Å². The molecule has 0 radical (unpaired) electrons. The van der Waals surface area contributed by atoms with E-state index in [2.05, 4.69) is 22.0 Å². The van der Waals surface area contributed by atoms with E-state index in [0.717, 1.165) is 15.6 Å². The third kappa shape index (κ3) is 1.66. The van der Waals surface area contributed by atoms with E-state index < -0.39 is 0 Å². The number of rotatable bonds is 1. The average molecular weight is 225 g/mol. The van der Waals surface area contributed by atoms with Crippen molar-refractivity contribution < 1.29 is 0 Å². The lowest BCUT2D eigenvalue weighted by Crippen LogP contribution is -2.01. The van der Waals surface area contributed by atoms with Crippen molar-refractivity contribution >= 4 is 15.9 Å². The van der Waals surface area contributed by atoms with E-state index in [1.165, 1.54) is 0 Å². The van der Waals surface area contributed by atoms with Crippen LogP contribution in [0.3, 0.4) is 0 Å². The Bertz CT molecular complexity index is 339. The van der Waals surface area contributed by atoms with Crippen molar-refractivity contribution in [1.29, 1.82) is 5.26 Å². The van der Waals surface area contributed by atoms with Gasteiger partial charge in [-0.05, 0) is 30.2 Å². The molecule has 0 aliphatic heterocycles. The Morgan fingerprint density at radius 1 is 1.58 bits per heavy atom. The SMILES string of the molecule is Cc1cc(Br)cc(CN)c1C#N. The van der Waals surface area contributed by atoms with Gasteiger partial charge in [-0.3, -0.25) is 0 Å². The molecule has 0 saturated carbocycles. The fraction of sp³-hybridized carbons (Fsp3) is 0.222. The summed E-state index contributed by atoms with van der Waals surface area (Å²) < 4.78 is 0.972. The summed E-state index contributed by atoms with van der Waals surface area (Å²) >= 11 is 3.35. The van der Waals surface area contributed by atoms with Gasteiger partial charge in [0.2, 0.25) is 0 Å². The summed E-state index contributed by atoms with van der Waals surface area (Å²) in [5.41, 5.74) is 8.05. The standard InChI is InChI=1S/C9H9BrN2/c1-6-2-8(10)3-7(4-11)9(6)5-12/h2-3H,4,11H2,1H3. The first-order chi connectivity index (χ1) is 5.69. The average Bonchev–Trinajstić information content (AvgIpc) is 2.03. The number of aryl methyl sites for hydroxylation is 1. The summed E-state index contributed by atoms with van der Waals surface area (Å²) in [6.07, 6.45) is 0. The summed E-state index contributed by atoms with van der Waals surface area (Å²) in [5.74, 6) is 0. The van der Waals surface area contributed by atoms with Crippen LogP contribution in [0.2, 0.25) is 0 Å². The zero-order valence-electron chi connectivity index (χ0n) is 6.76. The third-order valence-electron chi connectivity index (χ3n) is 1.71. The summed E-state index contributed by atoms with van der Waals surface area (Å²) in [7, 11) is 0. The molecule has 2 nitrogen and oxygen atoms in total. The van der Waals surface area contributed by atoms with Gasteiger partial charge in [-0.15, -0.1) is 0 Å². The smallest absolute Gasteiger partial charge is 0.0997 e. The highest BCUT2D eigenvalue weighted by molar-refractivity contribution is 9.10. The lowest BCUT2D eigenvalue weighted by atomic mass is 10.0. The molecule has 62 valence electrons. The Balaban J connectivity index is 3.36. The van der Waals surface area contributed by atoms with Gasteiger partial charge in [0.05, 0.1) is 11.6 Å². The molecule has 0 aliphatic rings. The van der Waals surface area contributed by atoms with E-state index in [1.807, 2.05) is 19.1 Å². The van der Waals surface area contributed by atoms with E-state index in [9.17, 15) is 0 Å². The van der Waals surface area contributed by atoms with E-state index in [4.69, 9.17) is 11.0 Å². The maximum absolute atomic E-state index is 8.80. The molecule has 0 atom stereocenters. The Labute approximate surface area is 80.1 Å². The summed E-state index contributed by atoms with van der Waals surface area (Å²) in [6, 6.07) is 5.94. The second-order valence-electron chi connectivity index (χ2n) is 2.57. The van der Waals surface area contributed by atoms with Gasteiger partial charge in [-0.25, -0.2) is 0 Å². The number of benzene rings is 1. The normalized spacial score (nSPS) is 9.50. The van der Waals surface area contributed by atoms with Gasteiger partial charge in [0.1, 0.15) is 0 Å². The van der Waals surface area contributed by atoms with Gasteiger partial charge >= 0.3 is 0 Å². The molecule has 0 spiro atoms. The van der Waals surface area contributed by atoms with Gasteiger partial charge < -0.3 is 5.73 Å². The van der Waals surface area contributed by atoms with Crippen LogP contribution in [-0.4, -0.2) is 0 Å². The van der Waals surface area contributed by atoms with Crippen molar-refractivity contribution in [2.45, 2.75) is 13.5 Å². The monoisotopic (exact) mass is 224 g/mol. The van der Waals surface area contributed by atoms with E-state index >= 15 is 0 Å². The third-order valence-corrected chi connectivity index (χ3v) is 2.17. The molecular weight excluding hydrogens is 216 g/mol. The number of hydrogen-bond acceptors (Lipinski definition) is 2. The molecule has 0 amide bonds. The van der Waals surface area contributed by atoms with Crippen LogP contribution < -0.4 is 5.73 Å². The fourth-order valence-electron chi connectivity index (χ4n) is 1.13. The van der Waals surface area contributed by atoms with E-state index in [-0.39, 0.29) is 0 Å². The van der Waals surface area contributed by atoms with Gasteiger partial charge in [0.15, 0.2) is 0 Å². The molecule has 2 N–H and O–H groups in total. The molecule has 1 aromatic rings. The Morgan fingerprint density at radius 2 is 2.25 bits per heavy atom. The molecule has 0 bridgehead atoms. The predicted octanol–water partition coefficient (Wildman–Crippen LogP) is 2.09. The van der Waals surface area contributed by atoms with Crippen LogP contribution in [0.1, 0.15) is 16.7 Å². The molecule has 1 aromatic carbocycles. The number of nitrogens with zero attached hydrogens (tertiary/aromatic N) is 1. The molecule has 0 unspecified atom stereocenters. The number of nitriles is 1. The van der Waals surface area contributed by atoms with Crippen molar-refractivity contribution in [2.24, 2.45) is 5.73 Å². The highest BCUT2D eigenvalue weighted by Crippen LogP contribution is 2.19. The van der Waals surface area contributed by atoms with Gasteiger partial charge in [-0.1, -0.05) is 15.9 Å². The van der Waals surface area contributed by atoms with E-state index in [0.29, 0.717) is 12.1 Å². The summed E-state index contributed by atoms with van der Waals surface area (Å²) in [4.78, 5) is 0. The zero-order chi connectivity index (χ0) is 9.14. The molecular formula is C9H9BrN2. The lowest BCUT2D eigenvalue weighted by Gasteiger charge is -2.04. The summed E-state index contributed by atoms with van der Waals surface area (Å²) in [5, 5.41) is 8.80. The van der Waals surface area contributed by atoms with Crippen molar-refractivity contribution in [3.8, 4) is 6.07 Å². The van der Waals surface area contributed by atoms with Gasteiger partial charge in [-0.2, -0.15) is 5.26 Å². The van der Waals surface area contributed by atoms with Crippen molar-refractivity contribution in [3.63, 3.8) is 0 Å². The first-order valence-electron chi connectivity index (χ1n) is 3.58. The predicted molar refractivity (Wildman–Crippen MR) is 51.5 cm³/mol. The van der Waals surface area contributed by atoms with E-state index in [1.54, 1.807) is 0 Å². The quantitative estimate of drug-likeness (QED) is 0.795. The summed E-state index contributed by atoms with van der Waals surface area (Å²) in [6.45, 7) is 2.31. The van der Waals surface area contributed by atoms with Crippen LogP contribution in [0.5, 0.6) is 0 Å². The first-order valence-corrected chi connectivity index (χ1v) is 4.37. The number of nitrogens with two attached hydrogens (primary N) is 1. The van der Waals surface area contributed by atoms with Crippen LogP contribution in [0.4, 0.5) is 0 Å². The molecule has 0 heterocycles. The van der Waals surface area contributed by atoms with Crippen LogP contribution in [0, 0.1) is 18.3 Å². The fourth-order valence-corrected chi connectivity index (χ4v) is 1.75.